The van der Waals surface area contributed by atoms with Gasteiger partial charge in [0.2, 0.25) is 0 Å². The van der Waals surface area contributed by atoms with Crippen molar-refractivity contribution in [2.75, 3.05) is 6.54 Å². The van der Waals surface area contributed by atoms with E-state index in [2.05, 4.69) is 14.9 Å². The number of nitrogens with zero attached hydrogens (tertiary/aromatic N) is 2. The van der Waals surface area contributed by atoms with E-state index in [0.29, 0.717) is 11.4 Å². The van der Waals surface area contributed by atoms with Gasteiger partial charge < -0.3 is 5.32 Å². The normalized spacial score (nSPS) is 12.4. The van der Waals surface area contributed by atoms with Crippen molar-refractivity contribution < 1.29 is 4.79 Å². The summed E-state index contributed by atoms with van der Waals surface area (Å²) in [5, 5.41) is 6.48. The molecule has 0 saturated carbocycles. The monoisotopic (exact) mass is 233 g/mol. The molecule has 1 amide bonds. The van der Waals surface area contributed by atoms with Gasteiger partial charge in [0, 0.05) is 11.9 Å². The highest BCUT2D eigenvalue weighted by Gasteiger charge is 2.08. The fraction of sp³-hybridized carbons (Fsp3) is 0.625. The van der Waals surface area contributed by atoms with Gasteiger partial charge in [-0.15, -0.1) is 16.7 Å². The summed E-state index contributed by atoms with van der Waals surface area (Å²) in [5.41, 5.74) is 0. The van der Waals surface area contributed by atoms with Crippen LogP contribution in [0.2, 0.25) is 0 Å². The van der Waals surface area contributed by atoms with Crippen molar-refractivity contribution in [1.29, 1.82) is 0 Å². The molecular formula is C8H12ClN3OS. The topological polar surface area (TPSA) is 54.9 Å². The Kier molecular flexibility index (Phi) is 4.82. The Bertz CT molecular complexity index is 278. The second kappa shape index (κ2) is 5.93. The lowest BCUT2D eigenvalue weighted by Crippen LogP contribution is -2.25. The summed E-state index contributed by atoms with van der Waals surface area (Å²) >= 11 is 6.99. The highest BCUT2D eigenvalue weighted by molar-refractivity contribution is 7.07. The van der Waals surface area contributed by atoms with Gasteiger partial charge in [-0.05, 0) is 24.4 Å². The van der Waals surface area contributed by atoms with E-state index >= 15 is 0 Å². The van der Waals surface area contributed by atoms with Crippen LogP contribution in [0.25, 0.3) is 0 Å². The van der Waals surface area contributed by atoms with E-state index in [1.165, 1.54) is 6.20 Å². The maximum Gasteiger partial charge on any atom is 0.264 e. The van der Waals surface area contributed by atoms with E-state index in [-0.39, 0.29) is 11.3 Å². The third-order valence-corrected chi connectivity index (χ3v) is 2.96. The Morgan fingerprint density at radius 1 is 1.79 bits per heavy atom. The van der Waals surface area contributed by atoms with Gasteiger partial charge in [-0.25, -0.2) is 0 Å². The first-order valence-corrected chi connectivity index (χ1v) is 5.64. The molecule has 0 aliphatic heterocycles. The van der Waals surface area contributed by atoms with Gasteiger partial charge in [-0.1, -0.05) is 11.4 Å². The number of carbonyl (C=O) groups excluding carboxylic acids is 1. The van der Waals surface area contributed by atoms with Crippen molar-refractivity contribution in [1.82, 2.24) is 14.9 Å². The molecule has 0 fully saturated rings. The average Bonchev–Trinajstić information content (AvgIpc) is 2.70. The Balaban J connectivity index is 2.23. The summed E-state index contributed by atoms with van der Waals surface area (Å²) in [4.78, 5) is 11.9. The van der Waals surface area contributed by atoms with Gasteiger partial charge >= 0.3 is 0 Å². The second-order valence-electron chi connectivity index (χ2n) is 2.83. The fourth-order valence-corrected chi connectivity index (χ4v) is 1.44. The van der Waals surface area contributed by atoms with Crippen LogP contribution in [-0.2, 0) is 0 Å². The number of alkyl halides is 1. The van der Waals surface area contributed by atoms with Crippen LogP contribution in [0.4, 0.5) is 0 Å². The molecule has 14 heavy (non-hydrogen) atoms. The van der Waals surface area contributed by atoms with Crippen LogP contribution in [0.5, 0.6) is 0 Å². The Morgan fingerprint density at radius 3 is 3.14 bits per heavy atom. The SMILES string of the molecule is CCC(Cl)CCNC(=O)c1cnns1. The summed E-state index contributed by atoms with van der Waals surface area (Å²) in [6.45, 7) is 2.62. The van der Waals surface area contributed by atoms with Crippen LogP contribution in [-0.4, -0.2) is 27.4 Å². The molecule has 78 valence electrons. The molecule has 1 rings (SSSR count). The number of hydrogen-bond acceptors (Lipinski definition) is 4. The van der Waals surface area contributed by atoms with Crippen LogP contribution in [0.3, 0.4) is 0 Å². The van der Waals surface area contributed by atoms with Crippen molar-refractivity contribution in [2.24, 2.45) is 0 Å². The first kappa shape index (κ1) is 11.4. The molecule has 0 saturated heterocycles. The highest BCUT2D eigenvalue weighted by atomic mass is 35.5. The number of rotatable bonds is 5. The third-order valence-electron chi connectivity index (χ3n) is 1.77. The number of nitrogens with one attached hydrogen (secondary N) is 1. The molecule has 1 aromatic heterocycles. The van der Waals surface area contributed by atoms with E-state index in [4.69, 9.17) is 11.6 Å². The first-order valence-electron chi connectivity index (χ1n) is 4.43. The van der Waals surface area contributed by atoms with Gasteiger partial charge in [0.25, 0.3) is 5.91 Å². The average molecular weight is 234 g/mol. The molecular weight excluding hydrogens is 222 g/mol. The minimum atomic E-state index is -0.125. The molecule has 0 spiro atoms. The van der Waals surface area contributed by atoms with Crippen LogP contribution in [0, 0.1) is 0 Å². The fourth-order valence-electron chi connectivity index (χ4n) is 0.901. The number of carbonyl (C=O) groups is 1. The molecule has 1 heterocycles. The third kappa shape index (κ3) is 3.59. The lowest BCUT2D eigenvalue weighted by Gasteiger charge is -2.06. The van der Waals surface area contributed by atoms with E-state index in [0.717, 1.165) is 24.4 Å². The molecule has 0 aliphatic rings. The molecule has 4 nitrogen and oxygen atoms in total. The van der Waals surface area contributed by atoms with Crippen LogP contribution < -0.4 is 5.32 Å². The van der Waals surface area contributed by atoms with Gasteiger partial charge in [0.05, 0.1) is 6.20 Å². The zero-order valence-electron chi connectivity index (χ0n) is 7.86. The van der Waals surface area contributed by atoms with Crippen molar-refractivity contribution in [3.05, 3.63) is 11.1 Å². The standard InChI is InChI=1S/C8H12ClN3OS/c1-2-6(9)3-4-10-8(13)7-5-11-12-14-7/h5-6H,2-4H2,1H3,(H,10,13). The minimum absolute atomic E-state index is 0.125. The Labute approximate surface area is 91.8 Å². The summed E-state index contributed by atoms with van der Waals surface area (Å²) in [5.74, 6) is -0.125. The molecule has 1 unspecified atom stereocenters. The van der Waals surface area contributed by atoms with Gasteiger partial charge in [0.1, 0.15) is 4.88 Å². The number of aromatic nitrogens is 2. The van der Waals surface area contributed by atoms with Gasteiger partial charge in [-0.3, -0.25) is 4.79 Å². The zero-order chi connectivity index (χ0) is 10.4. The second-order valence-corrected chi connectivity index (χ2v) is 4.23. The lowest BCUT2D eigenvalue weighted by atomic mass is 10.2. The largest absolute Gasteiger partial charge is 0.351 e. The number of hydrogen-bond donors (Lipinski definition) is 1. The number of amides is 1. The summed E-state index contributed by atoms with van der Waals surface area (Å²) in [6.07, 6.45) is 3.16. The molecule has 6 heteroatoms. The molecule has 0 bridgehead atoms. The van der Waals surface area contributed by atoms with E-state index < -0.39 is 0 Å². The van der Waals surface area contributed by atoms with Crippen molar-refractivity contribution in [3.63, 3.8) is 0 Å². The molecule has 1 N–H and O–H groups in total. The van der Waals surface area contributed by atoms with Crippen molar-refractivity contribution >= 4 is 29.0 Å². The van der Waals surface area contributed by atoms with E-state index in [1.54, 1.807) is 0 Å². The van der Waals surface area contributed by atoms with E-state index in [1.807, 2.05) is 6.92 Å². The van der Waals surface area contributed by atoms with Crippen molar-refractivity contribution in [3.8, 4) is 0 Å². The molecule has 0 radical (unpaired) electrons. The predicted octanol–water partition coefficient (Wildman–Crippen LogP) is 1.68. The van der Waals surface area contributed by atoms with Gasteiger partial charge in [-0.2, -0.15) is 0 Å². The van der Waals surface area contributed by atoms with E-state index in [9.17, 15) is 4.79 Å². The minimum Gasteiger partial charge on any atom is -0.351 e. The smallest absolute Gasteiger partial charge is 0.264 e. The number of halogens is 1. The van der Waals surface area contributed by atoms with Gasteiger partial charge in [0.15, 0.2) is 0 Å². The maximum atomic E-state index is 11.4. The molecule has 0 aromatic carbocycles. The zero-order valence-corrected chi connectivity index (χ0v) is 9.44. The Hall–Kier alpha value is -0.680. The van der Waals surface area contributed by atoms with Crippen LogP contribution >= 0.6 is 23.1 Å². The molecule has 1 aromatic rings. The summed E-state index contributed by atoms with van der Waals surface area (Å²) in [6, 6.07) is 0. The Morgan fingerprint density at radius 2 is 2.57 bits per heavy atom. The summed E-state index contributed by atoms with van der Waals surface area (Å²) in [7, 11) is 0. The maximum absolute atomic E-state index is 11.4. The quantitative estimate of drug-likeness (QED) is 0.788. The first-order chi connectivity index (χ1) is 6.74. The van der Waals surface area contributed by atoms with Crippen molar-refractivity contribution in [2.45, 2.75) is 25.1 Å². The molecule has 1 atom stereocenters. The lowest BCUT2D eigenvalue weighted by molar-refractivity contribution is 0.0957. The summed E-state index contributed by atoms with van der Waals surface area (Å²) < 4.78 is 3.61. The van der Waals surface area contributed by atoms with Crippen LogP contribution in [0.15, 0.2) is 6.20 Å². The predicted molar refractivity (Wildman–Crippen MR) is 56.8 cm³/mol. The van der Waals surface area contributed by atoms with Crippen LogP contribution in [0.1, 0.15) is 29.4 Å². The molecule has 0 aliphatic carbocycles. The highest BCUT2D eigenvalue weighted by Crippen LogP contribution is 2.05.